The molecule has 1 fully saturated rings. The number of hydrogen-bond donors (Lipinski definition) is 1. The van der Waals surface area contributed by atoms with E-state index in [0.717, 1.165) is 25.7 Å². The van der Waals surface area contributed by atoms with Crippen LogP contribution in [0.25, 0.3) is 0 Å². The van der Waals surface area contributed by atoms with Gasteiger partial charge in [0, 0.05) is 19.0 Å². The van der Waals surface area contributed by atoms with Crippen molar-refractivity contribution in [3.8, 4) is 0 Å². The maximum Gasteiger partial charge on any atom is 0.245 e. The Balaban J connectivity index is 1.68. The smallest absolute Gasteiger partial charge is 0.245 e. The van der Waals surface area contributed by atoms with Crippen LogP contribution < -0.4 is 5.32 Å². The van der Waals surface area contributed by atoms with Crippen molar-refractivity contribution in [1.82, 2.24) is 10.1 Å². The van der Waals surface area contributed by atoms with Crippen LogP contribution in [0.2, 0.25) is 0 Å². The van der Waals surface area contributed by atoms with Gasteiger partial charge in [-0.3, -0.25) is 9.59 Å². The molecular weight excluding hydrogens is 318 g/mol. The number of anilines is 1. The number of rotatable bonds is 13. The Kier molecular flexibility index (Phi) is 8.49. The van der Waals surface area contributed by atoms with E-state index in [9.17, 15) is 9.59 Å². The summed E-state index contributed by atoms with van der Waals surface area (Å²) in [5, 5.41) is 6.32. The zero-order valence-corrected chi connectivity index (χ0v) is 15.3. The van der Waals surface area contributed by atoms with Crippen LogP contribution in [0.3, 0.4) is 0 Å². The molecule has 0 spiro atoms. The Hall–Kier alpha value is -1.85. The normalized spacial score (nSPS) is 13.6. The Bertz CT molecular complexity index is 512. The third-order valence-corrected chi connectivity index (χ3v) is 4.56. The molecule has 0 bridgehead atoms. The van der Waals surface area contributed by atoms with E-state index in [1.54, 1.807) is 11.0 Å². The molecule has 1 N–H and O–H groups in total. The van der Waals surface area contributed by atoms with Gasteiger partial charge in [0.1, 0.15) is 6.26 Å². The van der Waals surface area contributed by atoms with Crippen molar-refractivity contribution in [2.24, 2.45) is 5.92 Å². The second kappa shape index (κ2) is 10.9. The van der Waals surface area contributed by atoms with E-state index in [4.69, 9.17) is 4.52 Å². The van der Waals surface area contributed by atoms with Crippen LogP contribution in [0.4, 0.5) is 5.82 Å². The lowest BCUT2D eigenvalue weighted by molar-refractivity contribution is -0.135. The first-order valence-corrected chi connectivity index (χ1v) is 9.67. The van der Waals surface area contributed by atoms with Gasteiger partial charge in [0.2, 0.25) is 11.8 Å². The highest BCUT2D eigenvalue weighted by molar-refractivity contribution is 5.93. The molecule has 0 aliphatic heterocycles. The molecule has 1 aliphatic carbocycles. The fraction of sp³-hybridized carbons (Fsp3) is 0.737. The van der Waals surface area contributed by atoms with Gasteiger partial charge in [0.05, 0.1) is 6.54 Å². The van der Waals surface area contributed by atoms with Gasteiger partial charge in [0.25, 0.3) is 0 Å². The van der Waals surface area contributed by atoms with Gasteiger partial charge in [-0.15, -0.1) is 0 Å². The molecule has 1 heterocycles. The average Bonchev–Trinajstić information content (AvgIpc) is 3.27. The molecule has 6 heteroatoms. The van der Waals surface area contributed by atoms with Gasteiger partial charge in [-0.2, -0.15) is 0 Å². The first-order chi connectivity index (χ1) is 12.2. The van der Waals surface area contributed by atoms with E-state index in [2.05, 4.69) is 17.4 Å². The highest BCUT2D eigenvalue weighted by atomic mass is 16.5. The first kappa shape index (κ1) is 19.5. The van der Waals surface area contributed by atoms with E-state index < -0.39 is 0 Å². The Morgan fingerprint density at radius 1 is 1.20 bits per heavy atom. The number of carbonyl (C=O) groups excluding carboxylic acids is 2. The average molecular weight is 349 g/mol. The molecule has 0 atom stereocenters. The van der Waals surface area contributed by atoms with Gasteiger partial charge in [-0.1, -0.05) is 50.6 Å². The van der Waals surface area contributed by atoms with Crippen LogP contribution in [0.5, 0.6) is 0 Å². The molecule has 2 rings (SSSR count). The van der Waals surface area contributed by atoms with Crippen LogP contribution in [-0.2, 0) is 9.59 Å². The van der Waals surface area contributed by atoms with Crippen molar-refractivity contribution in [2.75, 3.05) is 18.4 Å². The zero-order valence-electron chi connectivity index (χ0n) is 15.3. The van der Waals surface area contributed by atoms with Crippen molar-refractivity contribution in [3.63, 3.8) is 0 Å². The summed E-state index contributed by atoms with van der Waals surface area (Å²) in [4.78, 5) is 26.3. The van der Waals surface area contributed by atoms with E-state index in [0.29, 0.717) is 24.7 Å². The van der Waals surface area contributed by atoms with E-state index >= 15 is 0 Å². The van der Waals surface area contributed by atoms with Gasteiger partial charge >= 0.3 is 0 Å². The van der Waals surface area contributed by atoms with Crippen LogP contribution in [0.15, 0.2) is 16.9 Å². The SMILES string of the molecule is CCCCCCCCCC(=O)N(CC(=O)Nc1ccon1)CC1CC1. The molecule has 140 valence electrons. The van der Waals surface area contributed by atoms with Crippen molar-refractivity contribution >= 4 is 17.6 Å². The fourth-order valence-electron chi connectivity index (χ4n) is 2.89. The second-order valence-corrected chi connectivity index (χ2v) is 7.02. The molecular formula is C19H31N3O3. The number of carbonyl (C=O) groups is 2. The van der Waals surface area contributed by atoms with E-state index in [-0.39, 0.29) is 18.4 Å². The fourth-order valence-corrected chi connectivity index (χ4v) is 2.89. The number of nitrogens with zero attached hydrogens (tertiary/aromatic N) is 2. The predicted molar refractivity (Wildman–Crippen MR) is 97.0 cm³/mol. The molecule has 2 amide bonds. The van der Waals surface area contributed by atoms with Crippen molar-refractivity contribution in [2.45, 2.75) is 71.1 Å². The molecule has 1 aliphatic rings. The van der Waals surface area contributed by atoms with Crippen molar-refractivity contribution in [1.29, 1.82) is 0 Å². The van der Waals surface area contributed by atoms with Gasteiger partial charge in [-0.05, 0) is 25.2 Å². The van der Waals surface area contributed by atoms with Crippen LogP contribution in [0.1, 0.15) is 71.1 Å². The van der Waals surface area contributed by atoms with E-state index in [1.807, 2.05) is 0 Å². The highest BCUT2D eigenvalue weighted by Gasteiger charge is 2.27. The van der Waals surface area contributed by atoms with Crippen LogP contribution >= 0.6 is 0 Å². The Morgan fingerprint density at radius 3 is 2.56 bits per heavy atom. The molecule has 25 heavy (non-hydrogen) atoms. The zero-order chi connectivity index (χ0) is 17.9. The summed E-state index contributed by atoms with van der Waals surface area (Å²) in [5.41, 5.74) is 0. The van der Waals surface area contributed by atoms with Gasteiger partial charge in [0.15, 0.2) is 5.82 Å². The molecule has 0 aromatic carbocycles. The third kappa shape index (κ3) is 8.18. The molecule has 1 saturated carbocycles. The van der Waals surface area contributed by atoms with Crippen LogP contribution in [0, 0.1) is 5.92 Å². The maximum atomic E-state index is 12.5. The van der Waals surface area contributed by atoms with Crippen molar-refractivity contribution < 1.29 is 14.1 Å². The maximum absolute atomic E-state index is 12.5. The molecule has 6 nitrogen and oxygen atoms in total. The standard InChI is InChI=1S/C19H31N3O3/c1-2-3-4-5-6-7-8-9-19(24)22(14-16-10-11-16)15-18(23)20-17-12-13-25-21-17/h12-13,16H,2-11,14-15H2,1H3,(H,20,21,23). The quantitative estimate of drug-likeness (QED) is 0.546. The summed E-state index contributed by atoms with van der Waals surface area (Å²) in [6.07, 6.45) is 12.6. The third-order valence-electron chi connectivity index (χ3n) is 4.56. The minimum atomic E-state index is -0.220. The lowest BCUT2D eigenvalue weighted by Crippen LogP contribution is -2.39. The minimum absolute atomic E-state index is 0.0933. The highest BCUT2D eigenvalue weighted by Crippen LogP contribution is 2.30. The van der Waals surface area contributed by atoms with E-state index in [1.165, 1.54) is 38.4 Å². The summed E-state index contributed by atoms with van der Waals surface area (Å²) >= 11 is 0. The molecule has 0 unspecified atom stereocenters. The van der Waals surface area contributed by atoms with Crippen LogP contribution in [-0.4, -0.2) is 35.0 Å². The molecule has 0 radical (unpaired) electrons. The minimum Gasteiger partial charge on any atom is -0.363 e. The number of unbranched alkanes of at least 4 members (excludes halogenated alkanes) is 6. The van der Waals surface area contributed by atoms with Gasteiger partial charge in [-0.25, -0.2) is 0 Å². The summed E-state index contributed by atoms with van der Waals surface area (Å²) in [6.45, 7) is 3.01. The molecule has 1 aromatic heterocycles. The molecule has 1 aromatic rings. The predicted octanol–water partition coefficient (Wildman–Crippen LogP) is 3.99. The topological polar surface area (TPSA) is 75.4 Å². The number of nitrogens with one attached hydrogen (secondary N) is 1. The lowest BCUT2D eigenvalue weighted by Gasteiger charge is -2.22. The number of hydrogen-bond acceptors (Lipinski definition) is 4. The number of aromatic nitrogens is 1. The molecule has 0 saturated heterocycles. The first-order valence-electron chi connectivity index (χ1n) is 9.67. The summed E-state index contributed by atoms with van der Waals surface area (Å²) in [5.74, 6) is 0.826. The second-order valence-electron chi connectivity index (χ2n) is 7.02. The Morgan fingerprint density at radius 2 is 1.92 bits per heavy atom. The largest absolute Gasteiger partial charge is 0.363 e. The van der Waals surface area contributed by atoms with Crippen molar-refractivity contribution in [3.05, 3.63) is 12.3 Å². The monoisotopic (exact) mass is 349 g/mol. The summed E-state index contributed by atoms with van der Waals surface area (Å²) in [7, 11) is 0. The Labute approximate surface area is 150 Å². The summed E-state index contributed by atoms with van der Waals surface area (Å²) in [6, 6.07) is 1.59. The summed E-state index contributed by atoms with van der Waals surface area (Å²) < 4.78 is 4.70. The number of amides is 2. The lowest BCUT2D eigenvalue weighted by atomic mass is 10.1. The van der Waals surface area contributed by atoms with Gasteiger partial charge < -0.3 is 14.7 Å².